The zero-order valence-corrected chi connectivity index (χ0v) is 6.36. The van der Waals surface area contributed by atoms with Crippen molar-refractivity contribution in [2.24, 2.45) is 0 Å². The van der Waals surface area contributed by atoms with Crippen LogP contribution in [0.1, 0.15) is 6.42 Å². The molecule has 12 heavy (non-hydrogen) atoms. The van der Waals surface area contributed by atoms with E-state index >= 15 is 0 Å². The molecule has 0 radical (unpaired) electrons. The maximum absolute atomic E-state index is 12.4. The smallest absolute Gasteiger partial charge is 0.255 e. The van der Waals surface area contributed by atoms with Crippen LogP contribution in [0.3, 0.4) is 0 Å². The minimum absolute atomic E-state index is 0.405. The number of hydrogen-bond acceptors (Lipinski definition) is 2. The lowest BCUT2D eigenvalue weighted by Crippen LogP contribution is -2.44. The van der Waals surface area contributed by atoms with Crippen LogP contribution < -0.4 is 5.43 Å². The molecule has 0 bridgehead atoms. The van der Waals surface area contributed by atoms with Crippen molar-refractivity contribution in [3.05, 3.63) is 0 Å². The van der Waals surface area contributed by atoms with Crippen molar-refractivity contribution in [2.45, 2.75) is 18.8 Å². The average Bonchev–Trinajstić information content (AvgIpc) is 2.38. The molecule has 0 aromatic carbocycles. The molecule has 0 atom stereocenters. The molecule has 1 fully saturated rings. The molecule has 0 amide bonds. The largest absolute Gasteiger partial charge is 0.321 e. The Bertz CT molecular complexity index is 144. The predicted molar refractivity (Wildman–Crippen MR) is 35.1 cm³/mol. The average molecular weight is 186 g/mol. The van der Waals surface area contributed by atoms with E-state index in [1.807, 2.05) is 0 Å². The third-order valence-corrected chi connectivity index (χ3v) is 1.66. The predicted octanol–water partition coefficient (Wildman–Crippen LogP) is 1.10. The highest BCUT2D eigenvalue weighted by molar-refractivity contribution is 4.75. The molecule has 1 aliphatic heterocycles. The first-order valence-corrected chi connectivity index (χ1v) is 3.67. The van der Waals surface area contributed by atoms with Gasteiger partial charge in [0.2, 0.25) is 0 Å². The summed E-state index contributed by atoms with van der Waals surface area (Å²) in [5, 5.41) is 1.13. The Balaban J connectivity index is 2.37. The van der Waals surface area contributed by atoms with Crippen molar-refractivity contribution in [1.29, 1.82) is 0 Å². The molecule has 0 unspecified atom stereocenters. The van der Waals surface area contributed by atoms with Gasteiger partial charge in [0, 0.05) is 13.1 Å². The van der Waals surface area contributed by atoms with E-state index in [0.29, 0.717) is 13.1 Å². The Hall–Kier alpha value is -0.360. The normalized spacial score (nSPS) is 20.8. The monoisotopic (exact) mass is 186 g/mol. The highest BCUT2D eigenvalue weighted by Gasteiger charge is 2.42. The number of nitrogens with one attached hydrogen (secondary N) is 1. The Morgan fingerprint density at radius 3 is 2.50 bits per heavy atom. The van der Waals surface area contributed by atoms with Crippen LogP contribution >= 0.6 is 0 Å². The first-order chi connectivity index (χ1) is 5.52. The van der Waals surface area contributed by atoms with Crippen LogP contribution in [0.2, 0.25) is 0 Å². The maximum Gasteiger partial charge on any atom is 0.321 e. The van der Waals surface area contributed by atoms with Crippen molar-refractivity contribution < 1.29 is 17.6 Å². The summed E-state index contributed by atoms with van der Waals surface area (Å²) in [5.74, 6) is -3.91. The molecule has 0 spiro atoms. The number of hydrazine groups is 1. The van der Waals surface area contributed by atoms with Crippen molar-refractivity contribution in [3.63, 3.8) is 0 Å². The van der Waals surface area contributed by atoms with E-state index in [1.54, 1.807) is 0 Å². The summed E-state index contributed by atoms with van der Waals surface area (Å²) in [6, 6.07) is 0. The summed E-state index contributed by atoms with van der Waals surface area (Å²) in [6.07, 6.45) is -2.86. The third kappa shape index (κ3) is 2.31. The van der Waals surface area contributed by atoms with Crippen LogP contribution in [0, 0.1) is 0 Å². The molecule has 2 nitrogen and oxygen atoms in total. The van der Waals surface area contributed by atoms with Gasteiger partial charge in [0.1, 0.15) is 0 Å². The van der Waals surface area contributed by atoms with Crippen molar-refractivity contribution >= 4 is 0 Å². The lowest BCUT2D eigenvalue weighted by atomic mass is 10.3. The number of alkyl halides is 4. The van der Waals surface area contributed by atoms with Crippen LogP contribution in [0.4, 0.5) is 17.6 Å². The van der Waals surface area contributed by atoms with Gasteiger partial charge in [0.15, 0.2) is 0 Å². The minimum atomic E-state index is -3.91. The van der Waals surface area contributed by atoms with E-state index in [4.69, 9.17) is 0 Å². The molecule has 0 aromatic heterocycles. The van der Waals surface area contributed by atoms with Crippen LogP contribution in [0.25, 0.3) is 0 Å². The fraction of sp³-hybridized carbons (Fsp3) is 1.00. The van der Waals surface area contributed by atoms with Gasteiger partial charge in [-0.1, -0.05) is 0 Å². The van der Waals surface area contributed by atoms with Crippen molar-refractivity contribution in [2.75, 3.05) is 19.6 Å². The summed E-state index contributed by atoms with van der Waals surface area (Å²) in [6.45, 7) is 0.0757. The molecular formula is C6H10F4N2. The molecular weight excluding hydrogens is 176 g/mol. The van der Waals surface area contributed by atoms with E-state index in [2.05, 4.69) is 5.43 Å². The summed E-state index contributed by atoms with van der Waals surface area (Å²) in [5.41, 5.74) is 2.59. The molecule has 0 saturated carbocycles. The van der Waals surface area contributed by atoms with Gasteiger partial charge in [0.25, 0.3) is 0 Å². The molecule has 72 valence electrons. The standard InChI is InChI=1S/C6H10F4N2/c7-5(8)6(9,10)4-12-3-1-2-11-12/h5,11H,1-4H2. The molecule has 1 heterocycles. The van der Waals surface area contributed by atoms with Gasteiger partial charge in [-0.15, -0.1) is 0 Å². The zero-order valence-electron chi connectivity index (χ0n) is 6.36. The second-order valence-electron chi connectivity index (χ2n) is 2.74. The summed E-state index contributed by atoms with van der Waals surface area (Å²) < 4.78 is 48.1. The minimum Gasteiger partial charge on any atom is -0.255 e. The van der Waals surface area contributed by atoms with E-state index in [9.17, 15) is 17.6 Å². The molecule has 1 N–H and O–H groups in total. The number of halogens is 4. The molecule has 1 rings (SSSR count). The molecule has 0 aromatic rings. The summed E-state index contributed by atoms with van der Waals surface area (Å²) in [7, 11) is 0. The zero-order chi connectivity index (χ0) is 9.19. The third-order valence-electron chi connectivity index (χ3n) is 1.66. The van der Waals surface area contributed by atoms with Gasteiger partial charge in [-0.05, 0) is 6.42 Å². The number of hydrogen-bond donors (Lipinski definition) is 1. The first kappa shape index (κ1) is 9.73. The molecule has 6 heteroatoms. The number of nitrogens with zero attached hydrogens (tertiary/aromatic N) is 1. The Morgan fingerprint density at radius 1 is 1.42 bits per heavy atom. The molecule has 1 aliphatic rings. The van der Waals surface area contributed by atoms with Gasteiger partial charge in [-0.3, -0.25) is 5.43 Å². The fourth-order valence-corrected chi connectivity index (χ4v) is 1.04. The second-order valence-corrected chi connectivity index (χ2v) is 2.74. The van der Waals surface area contributed by atoms with E-state index in [0.717, 1.165) is 11.4 Å². The van der Waals surface area contributed by atoms with E-state index in [-0.39, 0.29) is 0 Å². The van der Waals surface area contributed by atoms with E-state index in [1.165, 1.54) is 0 Å². The maximum atomic E-state index is 12.4. The van der Waals surface area contributed by atoms with Gasteiger partial charge >= 0.3 is 12.3 Å². The highest BCUT2D eigenvalue weighted by atomic mass is 19.3. The van der Waals surface area contributed by atoms with Crippen LogP contribution in [-0.4, -0.2) is 37.0 Å². The van der Waals surface area contributed by atoms with Gasteiger partial charge in [0.05, 0.1) is 6.54 Å². The SMILES string of the molecule is FC(F)C(F)(F)CN1CCCN1. The van der Waals surface area contributed by atoms with Crippen molar-refractivity contribution in [3.8, 4) is 0 Å². The van der Waals surface area contributed by atoms with Crippen LogP contribution in [0.5, 0.6) is 0 Å². The summed E-state index contributed by atoms with van der Waals surface area (Å²) in [4.78, 5) is 0. The Labute approximate surface area is 67.5 Å². The highest BCUT2D eigenvalue weighted by Crippen LogP contribution is 2.23. The number of rotatable bonds is 3. The van der Waals surface area contributed by atoms with Gasteiger partial charge in [-0.2, -0.15) is 8.78 Å². The summed E-state index contributed by atoms with van der Waals surface area (Å²) >= 11 is 0. The van der Waals surface area contributed by atoms with Crippen LogP contribution in [-0.2, 0) is 0 Å². The quantitative estimate of drug-likeness (QED) is 0.664. The Morgan fingerprint density at radius 2 is 2.08 bits per heavy atom. The topological polar surface area (TPSA) is 15.3 Å². The first-order valence-electron chi connectivity index (χ1n) is 3.67. The molecule has 1 saturated heterocycles. The van der Waals surface area contributed by atoms with Crippen LogP contribution in [0.15, 0.2) is 0 Å². The fourth-order valence-electron chi connectivity index (χ4n) is 1.04. The lowest BCUT2D eigenvalue weighted by molar-refractivity contribution is -0.144. The molecule has 0 aliphatic carbocycles. The van der Waals surface area contributed by atoms with Gasteiger partial charge < -0.3 is 0 Å². The Kier molecular flexibility index (Phi) is 2.89. The van der Waals surface area contributed by atoms with E-state index < -0.39 is 18.9 Å². The van der Waals surface area contributed by atoms with Crippen molar-refractivity contribution in [1.82, 2.24) is 10.4 Å². The second kappa shape index (κ2) is 3.57. The lowest BCUT2D eigenvalue weighted by Gasteiger charge is -2.22. The van der Waals surface area contributed by atoms with Gasteiger partial charge in [-0.25, -0.2) is 13.8 Å².